The van der Waals surface area contributed by atoms with Crippen molar-refractivity contribution in [2.75, 3.05) is 7.05 Å². The molecule has 4 nitrogen and oxygen atoms in total. The number of halogens is 1. The van der Waals surface area contributed by atoms with E-state index >= 15 is 0 Å². The highest BCUT2D eigenvalue weighted by Gasteiger charge is 2.09. The van der Waals surface area contributed by atoms with Crippen molar-refractivity contribution in [3.8, 4) is 11.4 Å². The summed E-state index contributed by atoms with van der Waals surface area (Å²) in [7, 11) is 1.89. The molecule has 2 heterocycles. The highest BCUT2D eigenvalue weighted by atomic mass is 79.9. The Morgan fingerprint density at radius 2 is 2.43 bits per heavy atom. The predicted molar refractivity (Wildman–Crippen MR) is 58.8 cm³/mol. The minimum atomic E-state index is 0.735. The van der Waals surface area contributed by atoms with Gasteiger partial charge in [0.1, 0.15) is 16.1 Å². The summed E-state index contributed by atoms with van der Waals surface area (Å²) in [6, 6.07) is 3.94. The van der Waals surface area contributed by atoms with Crippen LogP contribution in [-0.2, 0) is 6.54 Å². The van der Waals surface area contributed by atoms with Gasteiger partial charge in [-0.15, -0.1) is 0 Å². The zero-order valence-electron chi connectivity index (χ0n) is 7.76. The number of imidazole rings is 1. The van der Waals surface area contributed by atoms with Crippen molar-refractivity contribution in [3.05, 3.63) is 28.8 Å². The van der Waals surface area contributed by atoms with Crippen molar-refractivity contribution in [1.82, 2.24) is 20.3 Å². The molecular weight excluding hydrogens is 244 g/mol. The van der Waals surface area contributed by atoms with Crippen LogP contribution in [-0.4, -0.2) is 22.0 Å². The molecule has 0 aromatic carbocycles. The quantitative estimate of drug-likeness (QED) is 0.784. The van der Waals surface area contributed by atoms with Crippen LogP contribution in [0.15, 0.2) is 22.9 Å². The Morgan fingerprint density at radius 1 is 1.57 bits per heavy atom. The lowest BCUT2D eigenvalue weighted by molar-refractivity contribution is 0.771. The van der Waals surface area contributed by atoms with Gasteiger partial charge < -0.3 is 15.3 Å². The van der Waals surface area contributed by atoms with Crippen LogP contribution >= 0.6 is 15.9 Å². The lowest BCUT2D eigenvalue weighted by Gasteiger charge is -1.91. The Kier molecular flexibility index (Phi) is 2.69. The minimum absolute atomic E-state index is 0.735. The van der Waals surface area contributed by atoms with Crippen LogP contribution in [0.4, 0.5) is 0 Å². The summed E-state index contributed by atoms with van der Waals surface area (Å²) in [6.45, 7) is 0.735. The van der Waals surface area contributed by atoms with E-state index in [4.69, 9.17) is 0 Å². The molecule has 14 heavy (non-hydrogen) atoms. The third kappa shape index (κ3) is 1.73. The summed E-state index contributed by atoms with van der Waals surface area (Å²) in [5.74, 6) is 0.920. The molecule has 0 bridgehead atoms. The van der Waals surface area contributed by atoms with Gasteiger partial charge in [0.2, 0.25) is 0 Å². The molecule has 3 N–H and O–H groups in total. The summed E-state index contributed by atoms with van der Waals surface area (Å²) in [5, 5.41) is 3.05. The summed E-state index contributed by atoms with van der Waals surface area (Å²) < 4.78 is 0.908. The maximum absolute atomic E-state index is 4.45. The first-order chi connectivity index (χ1) is 6.81. The van der Waals surface area contributed by atoms with Gasteiger partial charge in [-0.3, -0.25) is 0 Å². The van der Waals surface area contributed by atoms with Gasteiger partial charge in [-0.25, -0.2) is 4.98 Å². The van der Waals surface area contributed by atoms with E-state index in [9.17, 15) is 0 Å². The van der Waals surface area contributed by atoms with Crippen molar-refractivity contribution in [3.63, 3.8) is 0 Å². The first-order valence-electron chi connectivity index (χ1n) is 4.34. The number of hydrogen-bond donors (Lipinski definition) is 3. The Bertz CT molecular complexity index is 404. The van der Waals surface area contributed by atoms with E-state index < -0.39 is 0 Å². The molecule has 0 amide bonds. The first kappa shape index (κ1) is 9.48. The van der Waals surface area contributed by atoms with Gasteiger partial charge in [0.15, 0.2) is 0 Å². The average Bonchev–Trinajstić information content (AvgIpc) is 2.74. The van der Waals surface area contributed by atoms with Gasteiger partial charge >= 0.3 is 0 Å². The van der Waals surface area contributed by atoms with Crippen LogP contribution in [0.2, 0.25) is 0 Å². The molecule has 0 fully saturated rings. The van der Waals surface area contributed by atoms with Gasteiger partial charge in [-0.2, -0.15) is 0 Å². The van der Waals surface area contributed by atoms with E-state index in [1.807, 2.05) is 25.4 Å². The first-order valence-corrected chi connectivity index (χ1v) is 5.13. The lowest BCUT2D eigenvalue weighted by Crippen LogP contribution is -2.06. The van der Waals surface area contributed by atoms with E-state index in [0.29, 0.717) is 0 Å². The summed E-state index contributed by atoms with van der Waals surface area (Å²) in [6.07, 6.45) is 1.88. The SMILES string of the molecule is CNCc1nc(-c2ccc[nH]2)c(Br)[nH]1. The molecule has 5 heteroatoms. The lowest BCUT2D eigenvalue weighted by atomic mass is 10.3. The molecule has 0 spiro atoms. The molecule has 2 aromatic heterocycles. The smallest absolute Gasteiger partial charge is 0.121 e. The number of nitrogens with one attached hydrogen (secondary N) is 3. The van der Waals surface area contributed by atoms with Gasteiger partial charge in [-0.05, 0) is 35.1 Å². The van der Waals surface area contributed by atoms with Crippen LogP contribution in [0, 0.1) is 0 Å². The third-order valence-corrected chi connectivity index (χ3v) is 2.48. The average molecular weight is 255 g/mol. The maximum Gasteiger partial charge on any atom is 0.121 e. The molecule has 0 aliphatic heterocycles. The number of H-pyrrole nitrogens is 2. The predicted octanol–water partition coefficient (Wildman–Crippen LogP) is 1.89. The van der Waals surface area contributed by atoms with Gasteiger partial charge in [0, 0.05) is 6.20 Å². The molecule has 0 unspecified atom stereocenters. The summed E-state index contributed by atoms with van der Waals surface area (Å²) in [4.78, 5) is 10.7. The molecule has 2 aromatic rings. The van der Waals surface area contributed by atoms with E-state index in [-0.39, 0.29) is 0 Å². The van der Waals surface area contributed by atoms with Gasteiger partial charge in [0.25, 0.3) is 0 Å². The van der Waals surface area contributed by atoms with Crippen LogP contribution in [0.3, 0.4) is 0 Å². The number of nitrogens with zero attached hydrogens (tertiary/aromatic N) is 1. The Labute approximate surface area is 90.3 Å². The molecule has 0 aliphatic carbocycles. The van der Waals surface area contributed by atoms with Crippen LogP contribution in [0.1, 0.15) is 5.82 Å². The van der Waals surface area contributed by atoms with Crippen molar-refractivity contribution in [1.29, 1.82) is 0 Å². The van der Waals surface area contributed by atoms with Gasteiger partial charge in [-0.1, -0.05) is 0 Å². The molecule has 0 atom stereocenters. The van der Waals surface area contributed by atoms with E-state index in [1.54, 1.807) is 0 Å². The fourth-order valence-electron chi connectivity index (χ4n) is 1.31. The maximum atomic E-state index is 4.45. The Balaban J connectivity index is 2.35. The molecule has 0 aliphatic rings. The molecule has 0 saturated carbocycles. The highest BCUT2D eigenvalue weighted by Crippen LogP contribution is 2.24. The summed E-state index contributed by atoms with van der Waals surface area (Å²) >= 11 is 3.44. The second kappa shape index (κ2) is 3.98. The Hall–Kier alpha value is -1.07. The molecule has 0 saturated heterocycles. The fourth-order valence-corrected chi connectivity index (χ4v) is 1.84. The molecular formula is C9H11BrN4. The van der Waals surface area contributed by atoms with Crippen LogP contribution in [0.25, 0.3) is 11.4 Å². The zero-order valence-corrected chi connectivity index (χ0v) is 9.35. The van der Waals surface area contributed by atoms with E-state index in [1.165, 1.54) is 0 Å². The van der Waals surface area contributed by atoms with Crippen molar-refractivity contribution in [2.24, 2.45) is 0 Å². The fraction of sp³-hybridized carbons (Fsp3) is 0.222. The van der Waals surface area contributed by atoms with E-state index in [2.05, 4.69) is 36.2 Å². The second-order valence-electron chi connectivity index (χ2n) is 2.96. The molecule has 74 valence electrons. The molecule has 0 radical (unpaired) electrons. The van der Waals surface area contributed by atoms with Crippen LogP contribution in [0.5, 0.6) is 0 Å². The number of aromatic nitrogens is 3. The molecule has 2 rings (SSSR count). The van der Waals surface area contributed by atoms with Gasteiger partial charge in [0.05, 0.1) is 12.2 Å². The monoisotopic (exact) mass is 254 g/mol. The number of hydrogen-bond acceptors (Lipinski definition) is 2. The zero-order chi connectivity index (χ0) is 9.97. The topological polar surface area (TPSA) is 56.5 Å². The third-order valence-electron chi connectivity index (χ3n) is 1.91. The second-order valence-corrected chi connectivity index (χ2v) is 3.75. The standard InChI is InChI=1S/C9H11BrN4/c1-11-5-7-13-8(9(10)14-7)6-3-2-4-12-6/h2-4,11-12H,5H2,1H3,(H,13,14). The van der Waals surface area contributed by atoms with Crippen molar-refractivity contribution >= 4 is 15.9 Å². The van der Waals surface area contributed by atoms with E-state index in [0.717, 1.165) is 28.4 Å². The largest absolute Gasteiger partial charge is 0.360 e. The number of rotatable bonds is 3. The number of aromatic amines is 2. The summed E-state index contributed by atoms with van der Waals surface area (Å²) in [5.41, 5.74) is 1.93. The van der Waals surface area contributed by atoms with Crippen LogP contribution < -0.4 is 5.32 Å². The highest BCUT2D eigenvalue weighted by molar-refractivity contribution is 9.10. The van der Waals surface area contributed by atoms with Crippen molar-refractivity contribution < 1.29 is 0 Å². The Morgan fingerprint density at radius 3 is 3.07 bits per heavy atom. The normalized spacial score (nSPS) is 10.7. The minimum Gasteiger partial charge on any atom is -0.360 e. The van der Waals surface area contributed by atoms with Crippen molar-refractivity contribution in [2.45, 2.75) is 6.54 Å².